The van der Waals surface area contributed by atoms with Crippen LogP contribution in [0.3, 0.4) is 0 Å². The van der Waals surface area contributed by atoms with Crippen LogP contribution in [0.5, 0.6) is 5.75 Å². The van der Waals surface area contributed by atoms with Gasteiger partial charge in [0.25, 0.3) is 11.8 Å². The topological polar surface area (TPSA) is 67.4 Å². The number of nitrogens with one attached hydrogen (secondary N) is 2. The van der Waals surface area contributed by atoms with Crippen LogP contribution in [0.25, 0.3) is 6.08 Å². The number of halogens is 2. The van der Waals surface area contributed by atoms with Crippen molar-refractivity contribution in [3.05, 3.63) is 57.0 Å². The second-order valence-corrected chi connectivity index (χ2v) is 7.14. The minimum absolute atomic E-state index is 0.0327. The Hall–Kier alpha value is -2.19. The van der Waals surface area contributed by atoms with E-state index in [1.807, 2.05) is 12.1 Å². The van der Waals surface area contributed by atoms with Crippen LogP contribution in [0.2, 0.25) is 0 Å². The third kappa shape index (κ3) is 5.47. The number of benzene rings is 1. The van der Waals surface area contributed by atoms with E-state index in [9.17, 15) is 14.0 Å². The number of carbonyl (C=O) groups is 2. The number of rotatable bonds is 5. The number of amides is 2. The second kappa shape index (κ2) is 8.60. The lowest BCUT2D eigenvalue weighted by atomic mass is 10.3. The number of hydrazine groups is 1. The predicted molar refractivity (Wildman–Crippen MR) is 93.8 cm³/mol. The van der Waals surface area contributed by atoms with Gasteiger partial charge in [-0.15, -0.1) is 11.3 Å². The zero-order valence-corrected chi connectivity index (χ0v) is 15.0. The van der Waals surface area contributed by atoms with Crippen LogP contribution in [-0.2, 0) is 9.59 Å². The maximum absolute atomic E-state index is 13.5. The Labute approximate surface area is 150 Å². The Morgan fingerprint density at radius 1 is 1.25 bits per heavy atom. The van der Waals surface area contributed by atoms with Gasteiger partial charge in [-0.2, -0.15) is 0 Å². The molecule has 0 bridgehead atoms. The molecule has 0 aliphatic heterocycles. The largest absolute Gasteiger partial charge is 0.478 e. The molecule has 2 N–H and O–H groups in total. The van der Waals surface area contributed by atoms with E-state index in [4.69, 9.17) is 4.74 Å². The fourth-order valence-corrected chi connectivity index (χ4v) is 2.95. The van der Waals surface area contributed by atoms with Gasteiger partial charge in [0.1, 0.15) is 0 Å². The number of thiophene rings is 1. The average Bonchev–Trinajstić information content (AvgIpc) is 2.98. The van der Waals surface area contributed by atoms with Gasteiger partial charge in [-0.1, -0.05) is 12.1 Å². The number of hydrogen-bond acceptors (Lipinski definition) is 4. The lowest BCUT2D eigenvalue weighted by Crippen LogP contribution is -2.46. The zero-order chi connectivity index (χ0) is 17.5. The Morgan fingerprint density at radius 2 is 2.00 bits per heavy atom. The molecule has 2 aromatic rings. The Morgan fingerprint density at radius 3 is 2.67 bits per heavy atom. The molecule has 0 fully saturated rings. The molecular weight excluding hydrogens is 399 g/mol. The van der Waals surface area contributed by atoms with E-state index >= 15 is 0 Å². The van der Waals surface area contributed by atoms with Crippen LogP contribution in [0.15, 0.2) is 46.3 Å². The van der Waals surface area contributed by atoms with E-state index in [0.29, 0.717) is 0 Å². The van der Waals surface area contributed by atoms with Crippen LogP contribution in [-0.4, -0.2) is 17.9 Å². The van der Waals surface area contributed by atoms with E-state index < -0.39 is 23.7 Å². The fourth-order valence-electron chi connectivity index (χ4n) is 1.63. The van der Waals surface area contributed by atoms with Crippen LogP contribution in [0.4, 0.5) is 4.39 Å². The monoisotopic (exact) mass is 412 g/mol. The summed E-state index contributed by atoms with van der Waals surface area (Å²) in [4.78, 5) is 24.4. The Kier molecular flexibility index (Phi) is 6.51. The predicted octanol–water partition coefficient (Wildman–Crippen LogP) is 3.28. The summed E-state index contributed by atoms with van der Waals surface area (Å²) in [5.41, 5.74) is 4.46. The summed E-state index contributed by atoms with van der Waals surface area (Å²) >= 11 is 4.79. The van der Waals surface area contributed by atoms with Gasteiger partial charge in [0, 0.05) is 11.0 Å². The van der Waals surface area contributed by atoms with Gasteiger partial charge in [0.05, 0.1) is 3.79 Å². The first-order valence-corrected chi connectivity index (χ1v) is 8.51. The highest BCUT2D eigenvalue weighted by atomic mass is 79.9. The second-order valence-electron chi connectivity index (χ2n) is 4.64. The van der Waals surface area contributed by atoms with E-state index in [2.05, 4.69) is 26.8 Å². The van der Waals surface area contributed by atoms with Crippen molar-refractivity contribution < 1.29 is 18.7 Å². The minimum atomic E-state index is -0.973. The third-order valence-corrected chi connectivity index (χ3v) is 4.40. The van der Waals surface area contributed by atoms with Crippen LogP contribution >= 0.6 is 27.3 Å². The first kappa shape index (κ1) is 18.2. The summed E-state index contributed by atoms with van der Waals surface area (Å²) in [5, 5.41) is 0. The summed E-state index contributed by atoms with van der Waals surface area (Å²) in [6.07, 6.45) is 1.94. The van der Waals surface area contributed by atoms with Crippen molar-refractivity contribution in [1.82, 2.24) is 10.9 Å². The average molecular weight is 413 g/mol. The standard InChI is InChI=1S/C16H14BrFN2O3S/c1-10(23-13-5-3-2-4-12(13)18)16(22)20-19-15(21)9-7-11-6-8-14(17)24-11/h2-10H,1H3,(H,19,21)(H,20,22)/b9-7+/t10-/m1/s1. The maximum atomic E-state index is 13.5. The van der Waals surface area contributed by atoms with E-state index in [1.165, 1.54) is 42.5 Å². The van der Waals surface area contributed by atoms with E-state index in [-0.39, 0.29) is 5.75 Å². The lowest BCUT2D eigenvalue weighted by Gasteiger charge is -2.15. The molecule has 1 aromatic carbocycles. The molecule has 0 aliphatic rings. The molecule has 2 amide bonds. The summed E-state index contributed by atoms with van der Waals surface area (Å²) < 4.78 is 19.6. The van der Waals surface area contributed by atoms with Crippen molar-refractivity contribution in [2.75, 3.05) is 0 Å². The highest BCUT2D eigenvalue weighted by Gasteiger charge is 2.16. The third-order valence-electron chi connectivity index (χ3n) is 2.81. The van der Waals surface area contributed by atoms with Gasteiger partial charge in [-0.25, -0.2) is 4.39 Å². The Bertz CT molecular complexity index is 763. The van der Waals surface area contributed by atoms with Gasteiger partial charge in [0.2, 0.25) is 0 Å². The van der Waals surface area contributed by atoms with Gasteiger partial charge < -0.3 is 4.74 Å². The number of hydrogen-bond donors (Lipinski definition) is 2. The van der Waals surface area contributed by atoms with Gasteiger partial charge in [-0.3, -0.25) is 20.4 Å². The molecule has 0 spiro atoms. The maximum Gasteiger partial charge on any atom is 0.279 e. The van der Waals surface area contributed by atoms with Crippen molar-refractivity contribution in [2.45, 2.75) is 13.0 Å². The highest BCUT2D eigenvalue weighted by Crippen LogP contribution is 2.22. The summed E-state index contributed by atoms with van der Waals surface area (Å²) in [5.74, 6) is -1.69. The van der Waals surface area contributed by atoms with Crippen LogP contribution in [0, 0.1) is 5.82 Å². The molecule has 1 atom stereocenters. The Balaban J connectivity index is 1.80. The minimum Gasteiger partial charge on any atom is -0.478 e. The summed E-state index contributed by atoms with van der Waals surface area (Å²) in [7, 11) is 0. The molecule has 0 unspecified atom stereocenters. The van der Waals surface area contributed by atoms with E-state index in [1.54, 1.807) is 12.1 Å². The van der Waals surface area contributed by atoms with E-state index in [0.717, 1.165) is 8.66 Å². The van der Waals surface area contributed by atoms with Gasteiger partial charge in [-0.05, 0) is 53.2 Å². The van der Waals surface area contributed by atoms with Crippen molar-refractivity contribution in [2.24, 2.45) is 0 Å². The number of para-hydroxylation sites is 1. The normalized spacial score (nSPS) is 12.0. The molecular formula is C16H14BrFN2O3S. The summed E-state index contributed by atoms with van der Waals surface area (Å²) in [6.45, 7) is 1.45. The van der Waals surface area contributed by atoms with Crippen molar-refractivity contribution in [3.8, 4) is 5.75 Å². The summed E-state index contributed by atoms with van der Waals surface area (Å²) in [6, 6.07) is 9.48. The first-order valence-electron chi connectivity index (χ1n) is 6.90. The quantitative estimate of drug-likeness (QED) is 0.584. The lowest BCUT2D eigenvalue weighted by molar-refractivity contribution is -0.131. The molecule has 24 heavy (non-hydrogen) atoms. The van der Waals surface area contributed by atoms with Gasteiger partial charge in [0.15, 0.2) is 17.7 Å². The molecule has 5 nitrogen and oxygen atoms in total. The van der Waals surface area contributed by atoms with Crippen molar-refractivity contribution >= 4 is 45.2 Å². The van der Waals surface area contributed by atoms with Crippen LogP contribution < -0.4 is 15.6 Å². The van der Waals surface area contributed by atoms with Crippen LogP contribution in [0.1, 0.15) is 11.8 Å². The molecule has 1 aromatic heterocycles. The molecule has 1 heterocycles. The molecule has 8 heteroatoms. The SMILES string of the molecule is C[C@@H](Oc1ccccc1F)C(=O)NNC(=O)/C=C/c1ccc(Br)s1. The molecule has 0 saturated carbocycles. The molecule has 126 valence electrons. The highest BCUT2D eigenvalue weighted by molar-refractivity contribution is 9.11. The van der Waals surface area contributed by atoms with Gasteiger partial charge >= 0.3 is 0 Å². The zero-order valence-electron chi connectivity index (χ0n) is 12.6. The number of ether oxygens (including phenoxy) is 1. The molecule has 0 radical (unpaired) electrons. The molecule has 0 aliphatic carbocycles. The first-order chi connectivity index (χ1) is 11.5. The molecule has 2 rings (SSSR count). The number of carbonyl (C=O) groups excluding carboxylic acids is 2. The van der Waals surface area contributed by atoms with Crippen molar-refractivity contribution in [1.29, 1.82) is 0 Å². The fraction of sp³-hybridized carbons (Fsp3) is 0.125. The van der Waals surface area contributed by atoms with Crippen molar-refractivity contribution in [3.63, 3.8) is 0 Å². The smallest absolute Gasteiger partial charge is 0.279 e. The molecule has 0 saturated heterocycles.